The Morgan fingerprint density at radius 1 is 1.13 bits per heavy atom. The van der Waals surface area contributed by atoms with Crippen molar-refractivity contribution in [2.75, 3.05) is 5.32 Å². The minimum atomic E-state index is -0.384. The van der Waals surface area contributed by atoms with E-state index in [0.29, 0.717) is 40.0 Å². The number of Topliss-reactive ketones (excluding diaryl/α,β-unsaturated/α-hetero) is 1. The molecule has 7 heteroatoms. The van der Waals surface area contributed by atoms with Gasteiger partial charge in [0.05, 0.1) is 11.3 Å². The Balaban J connectivity index is 1.66. The molecule has 2 aliphatic rings. The lowest BCUT2D eigenvalue weighted by Gasteiger charge is -2.34. The molecule has 5 nitrogen and oxygen atoms in total. The highest BCUT2D eigenvalue weighted by Crippen LogP contribution is 2.51. The predicted molar refractivity (Wildman–Crippen MR) is 115 cm³/mol. The molecule has 0 amide bonds. The molecule has 0 unspecified atom stereocenters. The number of phenolic OH excluding ortho intramolecular Hbond substituents is 1. The number of phenols is 1. The summed E-state index contributed by atoms with van der Waals surface area (Å²) in [7, 11) is 0. The molecule has 2 heterocycles. The van der Waals surface area contributed by atoms with Crippen molar-refractivity contribution in [3.63, 3.8) is 0 Å². The molecule has 1 aliphatic carbocycles. The van der Waals surface area contributed by atoms with Crippen LogP contribution in [0.25, 0.3) is 0 Å². The number of fused-ring (bicyclic) bond motifs is 1. The first-order valence-corrected chi connectivity index (χ1v) is 10.4. The number of anilines is 1. The lowest BCUT2D eigenvalue weighted by Crippen LogP contribution is -2.29. The largest absolute Gasteiger partial charge is 0.508 e. The highest BCUT2D eigenvalue weighted by molar-refractivity contribution is 6.35. The van der Waals surface area contributed by atoms with Gasteiger partial charge in [-0.15, -0.1) is 0 Å². The smallest absolute Gasteiger partial charge is 0.233 e. The number of rotatable bonds is 2. The van der Waals surface area contributed by atoms with Crippen LogP contribution in [-0.4, -0.2) is 16.0 Å². The van der Waals surface area contributed by atoms with Crippen molar-refractivity contribution in [3.8, 4) is 5.75 Å². The summed E-state index contributed by atoms with van der Waals surface area (Å²) in [5, 5.41) is 18.7. The second-order valence-corrected chi connectivity index (χ2v) is 8.56. The van der Waals surface area contributed by atoms with Crippen LogP contribution in [0.2, 0.25) is 10.0 Å². The van der Waals surface area contributed by atoms with Crippen molar-refractivity contribution in [3.05, 3.63) is 86.2 Å². The molecule has 152 valence electrons. The second-order valence-electron chi connectivity index (χ2n) is 7.71. The van der Waals surface area contributed by atoms with Crippen LogP contribution >= 0.6 is 23.2 Å². The topological polar surface area (TPSA) is 75.4 Å². The number of hydrogen-bond acceptors (Lipinski definition) is 5. The van der Waals surface area contributed by atoms with Crippen LogP contribution in [0, 0.1) is 6.92 Å². The maximum Gasteiger partial charge on any atom is 0.233 e. The van der Waals surface area contributed by atoms with Crippen molar-refractivity contribution < 1.29 is 14.4 Å². The number of para-hydroxylation sites is 1. The molecular formula is C23H18Cl2N2O3. The highest BCUT2D eigenvalue weighted by Gasteiger charge is 2.42. The number of ketones is 1. The first kappa shape index (κ1) is 19.2. The van der Waals surface area contributed by atoms with Crippen molar-refractivity contribution in [2.45, 2.75) is 31.6 Å². The van der Waals surface area contributed by atoms with E-state index in [-0.39, 0.29) is 23.4 Å². The third-order valence-electron chi connectivity index (χ3n) is 5.91. The number of nitrogens with one attached hydrogen (secondary N) is 1. The van der Waals surface area contributed by atoms with E-state index in [2.05, 4.69) is 10.5 Å². The molecule has 2 atom stereocenters. The van der Waals surface area contributed by atoms with Gasteiger partial charge in [-0.3, -0.25) is 4.79 Å². The number of aryl methyl sites for hydroxylation is 1. The fraction of sp³-hybridized carbons (Fsp3) is 0.217. The van der Waals surface area contributed by atoms with Crippen LogP contribution in [-0.2, 0) is 4.79 Å². The minimum absolute atomic E-state index is 0.0132. The zero-order chi connectivity index (χ0) is 21.0. The first-order chi connectivity index (χ1) is 14.4. The van der Waals surface area contributed by atoms with E-state index in [9.17, 15) is 9.90 Å². The van der Waals surface area contributed by atoms with Crippen LogP contribution in [0.5, 0.6) is 5.75 Å². The van der Waals surface area contributed by atoms with E-state index in [1.165, 1.54) is 0 Å². The third-order valence-corrected chi connectivity index (χ3v) is 6.47. The van der Waals surface area contributed by atoms with Crippen molar-refractivity contribution in [2.24, 2.45) is 0 Å². The summed E-state index contributed by atoms with van der Waals surface area (Å²) in [6.45, 7) is 1.85. The number of carbonyl (C=O) groups excluding carboxylic acids is 1. The minimum Gasteiger partial charge on any atom is -0.508 e. The molecule has 2 N–H and O–H groups in total. The van der Waals surface area contributed by atoms with Gasteiger partial charge in [-0.1, -0.05) is 52.6 Å². The number of nitrogens with zero attached hydrogens (tertiary/aromatic N) is 1. The van der Waals surface area contributed by atoms with Gasteiger partial charge < -0.3 is 14.9 Å². The van der Waals surface area contributed by atoms with Crippen LogP contribution < -0.4 is 5.32 Å². The van der Waals surface area contributed by atoms with Gasteiger partial charge in [0.2, 0.25) is 5.88 Å². The molecular weight excluding hydrogens is 423 g/mol. The SMILES string of the molecule is Cc1noc2c1[C@H](c1ccc(Cl)cc1Cl)C1=C(C[C@H](c3ccccc3O)CC1=O)N2. The molecule has 0 spiro atoms. The van der Waals surface area contributed by atoms with Gasteiger partial charge in [0, 0.05) is 39.6 Å². The lowest BCUT2D eigenvalue weighted by molar-refractivity contribution is -0.116. The summed E-state index contributed by atoms with van der Waals surface area (Å²) < 4.78 is 5.53. The Morgan fingerprint density at radius 3 is 2.70 bits per heavy atom. The van der Waals surface area contributed by atoms with Gasteiger partial charge in [0.1, 0.15) is 5.75 Å². The van der Waals surface area contributed by atoms with Crippen LogP contribution in [0.15, 0.2) is 58.3 Å². The van der Waals surface area contributed by atoms with E-state index < -0.39 is 0 Å². The Kier molecular flexibility index (Phi) is 4.60. The molecule has 5 rings (SSSR count). The number of carbonyl (C=O) groups is 1. The summed E-state index contributed by atoms with van der Waals surface area (Å²) in [4.78, 5) is 13.4. The van der Waals surface area contributed by atoms with E-state index in [1.807, 2.05) is 25.1 Å². The van der Waals surface area contributed by atoms with Gasteiger partial charge in [-0.05, 0) is 42.7 Å². The summed E-state index contributed by atoms with van der Waals surface area (Å²) in [6.07, 6.45) is 0.874. The van der Waals surface area contributed by atoms with Gasteiger partial charge >= 0.3 is 0 Å². The molecule has 0 radical (unpaired) electrons. The molecule has 30 heavy (non-hydrogen) atoms. The quantitative estimate of drug-likeness (QED) is 0.514. The highest BCUT2D eigenvalue weighted by atomic mass is 35.5. The maximum atomic E-state index is 13.4. The average Bonchev–Trinajstić information content (AvgIpc) is 3.07. The Labute approximate surface area is 183 Å². The predicted octanol–water partition coefficient (Wildman–Crippen LogP) is 5.95. The number of aromatic hydroxyl groups is 1. The van der Waals surface area contributed by atoms with Crippen LogP contribution in [0.1, 0.15) is 47.1 Å². The molecule has 3 aromatic rings. The van der Waals surface area contributed by atoms with Gasteiger partial charge in [-0.2, -0.15) is 0 Å². The molecule has 0 saturated carbocycles. The summed E-state index contributed by atoms with van der Waals surface area (Å²) in [6, 6.07) is 12.4. The Hall–Kier alpha value is -2.76. The van der Waals surface area contributed by atoms with E-state index >= 15 is 0 Å². The van der Waals surface area contributed by atoms with Crippen molar-refractivity contribution >= 4 is 34.9 Å². The zero-order valence-electron chi connectivity index (χ0n) is 16.1. The van der Waals surface area contributed by atoms with Gasteiger partial charge in [0.15, 0.2) is 5.78 Å². The maximum absolute atomic E-state index is 13.4. The number of aromatic nitrogens is 1. The molecule has 0 bridgehead atoms. The number of halogens is 2. The monoisotopic (exact) mass is 440 g/mol. The molecule has 0 fully saturated rings. The first-order valence-electron chi connectivity index (χ1n) is 9.66. The van der Waals surface area contributed by atoms with Gasteiger partial charge in [0.25, 0.3) is 0 Å². The molecule has 1 aliphatic heterocycles. The van der Waals surface area contributed by atoms with E-state index in [1.54, 1.807) is 24.3 Å². The Morgan fingerprint density at radius 2 is 1.93 bits per heavy atom. The standard InChI is InChI=1S/C23H18Cl2N2O3/c1-11-20-21(15-7-6-13(24)10-16(15)25)22-17(26-23(20)30-27-11)8-12(9-19(22)29)14-4-2-3-5-18(14)28/h2-7,10,12,21,26,28H,8-9H2,1H3/t12-,21-/m0/s1. The number of allylic oxidation sites excluding steroid dienone is 2. The zero-order valence-corrected chi connectivity index (χ0v) is 17.6. The molecule has 0 saturated heterocycles. The number of hydrogen-bond donors (Lipinski definition) is 2. The van der Waals surface area contributed by atoms with Crippen molar-refractivity contribution in [1.29, 1.82) is 0 Å². The van der Waals surface area contributed by atoms with Crippen LogP contribution in [0.4, 0.5) is 5.88 Å². The lowest BCUT2D eigenvalue weighted by atomic mass is 9.72. The fourth-order valence-corrected chi connectivity index (χ4v) is 5.09. The third kappa shape index (κ3) is 3.01. The Bertz CT molecular complexity index is 1210. The van der Waals surface area contributed by atoms with Crippen molar-refractivity contribution in [1.82, 2.24) is 5.16 Å². The summed E-state index contributed by atoms with van der Waals surface area (Å²) >= 11 is 12.7. The van der Waals surface area contributed by atoms with Crippen LogP contribution in [0.3, 0.4) is 0 Å². The summed E-state index contributed by atoms with van der Waals surface area (Å²) in [5.41, 5.74) is 4.52. The second kappa shape index (κ2) is 7.18. The average molecular weight is 441 g/mol. The number of benzene rings is 2. The fourth-order valence-electron chi connectivity index (χ4n) is 4.57. The summed E-state index contributed by atoms with van der Waals surface area (Å²) in [5.74, 6) is 0.220. The van der Waals surface area contributed by atoms with E-state index in [0.717, 1.165) is 22.4 Å². The van der Waals surface area contributed by atoms with Gasteiger partial charge in [-0.25, -0.2) is 0 Å². The molecule has 2 aromatic carbocycles. The van der Waals surface area contributed by atoms with E-state index in [4.69, 9.17) is 27.7 Å². The molecule has 1 aromatic heterocycles. The normalized spacial score (nSPS) is 20.6.